The van der Waals surface area contributed by atoms with Crippen molar-refractivity contribution in [1.29, 1.82) is 0 Å². The van der Waals surface area contributed by atoms with E-state index in [1.54, 1.807) is 25.5 Å². The predicted molar refractivity (Wildman–Crippen MR) is 89.9 cm³/mol. The Kier molecular flexibility index (Phi) is 5.32. The van der Waals surface area contributed by atoms with Gasteiger partial charge in [0.05, 0.1) is 13.2 Å². The Labute approximate surface area is 141 Å². The number of nitrogens with zero attached hydrogens (tertiary/aromatic N) is 4. The van der Waals surface area contributed by atoms with E-state index >= 15 is 0 Å². The summed E-state index contributed by atoms with van der Waals surface area (Å²) in [5.74, 6) is 0.817. The Morgan fingerprint density at radius 3 is 2.96 bits per heavy atom. The average Bonchev–Trinajstić information content (AvgIpc) is 2.87. The Morgan fingerprint density at radius 1 is 1.33 bits per heavy atom. The van der Waals surface area contributed by atoms with Gasteiger partial charge in [0.1, 0.15) is 5.69 Å². The normalized spacial score (nSPS) is 18.0. The minimum Gasteiger partial charge on any atom is -0.379 e. The third-order valence-corrected chi connectivity index (χ3v) is 3.94. The van der Waals surface area contributed by atoms with Crippen LogP contribution in [0.15, 0.2) is 36.7 Å². The Hall–Kier alpha value is -2.54. The van der Waals surface area contributed by atoms with Crippen LogP contribution < -0.4 is 10.2 Å². The highest BCUT2D eigenvalue weighted by atomic mass is 16.5. The second kappa shape index (κ2) is 7.83. The van der Waals surface area contributed by atoms with Gasteiger partial charge in [-0.25, -0.2) is 15.0 Å². The van der Waals surface area contributed by atoms with Crippen molar-refractivity contribution in [2.75, 3.05) is 38.3 Å². The van der Waals surface area contributed by atoms with E-state index in [4.69, 9.17) is 4.74 Å². The fraction of sp³-hybridized carbons (Fsp3) is 0.412. The highest BCUT2D eigenvalue weighted by molar-refractivity contribution is 5.91. The minimum atomic E-state index is -0.173. The number of carbonyl (C=O) groups excluding carboxylic acids is 1. The standard InChI is InChI=1S/C17H21N5O2/c1-18-16(23)15-5-2-4-14(21-15)10-13-11-22(8-9-24-12-13)17-19-6-3-7-20-17/h2-7,13H,8-12H2,1H3,(H,18,23). The molecule has 1 unspecified atom stereocenters. The van der Waals surface area contributed by atoms with Gasteiger partial charge in [-0.05, 0) is 24.6 Å². The predicted octanol–water partition coefficient (Wildman–Crippen LogP) is 0.927. The Balaban J connectivity index is 1.71. The van der Waals surface area contributed by atoms with Gasteiger partial charge in [-0.2, -0.15) is 0 Å². The van der Waals surface area contributed by atoms with Gasteiger partial charge in [-0.15, -0.1) is 0 Å². The van der Waals surface area contributed by atoms with Crippen molar-refractivity contribution in [2.24, 2.45) is 5.92 Å². The van der Waals surface area contributed by atoms with Gasteiger partial charge >= 0.3 is 0 Å². The van der Waals surface area contributed by atoms with Gasteiger partial charge < -0.3 is 15.0 Å². The molecule has 3 rings (SSSR count). The topological polar surface area (TPSA) is 80.2 Å². The van der Waals surface area contributed by atoms with Crippen LogP contribution in [-0.4, -0.2) is 54.2 Å². The van der Waals surface area contributed by atoms with E-state index in [-0.39, 0.29) is 11.8 Å². The van der Waals surface area contributed by atoms with Crippen LogP contribution in [0.1, 0.15) is 16.2 Å². The van der Waals surface area contributed by atoms with Crippen molar-refractivity contribution in [3.8, 4) is 0 Å². The lowest BCUT2D eigenvalue weighted by Crippen LogP contribution is -2.32. The van der Waals surface area contributed by atoms with Crippen molar-refractivity contribution in [3.05, 3.63) is 48.0 Å². The molecule has 1 amide bonds. The van der Waals surface area contributed by atoms with Crippen LogP contribution in [0, 0.1) is 5.92 Å². The summed E-state index contributed by atoms with van der Waals surface area (Å²) < 4.78 is 5.73. The van der Waals surface area contributed by atoms with Crippen LogP contribution in [0.5, 0.6) is 0 Å². The van der Waals surface area contributed by atoms with Crippen LogP contribution in [0.25, 0.3) is 0 Å². The zero-order chi connectivity index (χ0) is 16.8. The summed E-state index contributed by atoms with van der Waals surface area (Å²) in [6, 6.07) is 7.34. The van der Waals surface area contributed by atoms with Crippen LogP contribution in [0.2, 0.25) is 0 Å². The van der Waals surface area contributed by atoms with E-state index in [0.717, 1.165) is 31.2 Å². The first-order valence-corrected chi connectivity index (χ1v) is 8.04. The van der Waals surface area contributed by atoms with Gasteiger partial charge in [0.2, 0.25) is 5.95 Å². The molecule has 1 aliphatic heterocycles. The molecule has 1 aliphatic rings. The number of nitrogens with one attached hydrogen (secondary N) is 1. The van der Waals surface area contributed by atoms with Crippen LogP contribution in [0.4, 0.5) is 5.95 Å². The summed E-state index contributed by atoms with van der Waals surface area (Å²) >= 11 is 0. The summed E-state index contributed by atoms with van der Waals surface area (Å²) in [6.07, 6.45) is 4.24. The number of carbonyl (C=O) groups is 1. The Morgan fingerprint density at radius 2 is 2.17 bits per heavy atom. The molecule has 3 heterocycles. The summed E-state index contributed by atoms with van der Waals surface area (Å²) in [4.78, 5) is 27.0. The van der Waals surface area contributed by atoms with Gasteiger partial charge in [0, 0.05) is 44.1 Å². The van der Waals surface area contributed by atoms with Crippen molar-refractivity contribution >= 4 is 11.9 Å². The molecular formula is C17H21N5O2. The van der Waals surface area contributed by atoms with E-state index < -0.39 is 0 Å². The molecule has 7 heteroatoms. The number of hydrogen-bond acceptors (Lipinski definition) is 6. The fourth-order valence-electron chi connectivity index (χ4n) is 2.78. The molecule has 1 N–H and O–H groups in total. The maximum Gasteiger partial charge on any atom is 0.269 e. The van der Waals surface area contributed by atoms with Gasteiger partial charge in [0.25, 0.3) is 5.91 Å². The number of pyridine rings is 1. The van der Waals surface area contributed by atoms with E-state index in [0.29, 0.717) is 18.9 Å². The first-order valence-electron chi connectivity index (χ1n) is 8.04. The number of aromatic nitrogens is 3. The van der Waals surface area contributed by atoms with E-state index in [1.807, 2.05) is 18.2 Å². The third-order valence-electron chi connectivity index (χ3n) is 3.94. The molecule has 1 fully saturated rings. The van der Waals surface area contributed by atoms with Crippen LogP contribution >= 0.6 is 0 Å². The number of amides is 1. The summed E-state index contributed by atoms with van der Waals surface area (Å²) in [7, 11) is 1.60. The zero-order valence-electron chi connectivity index (χ0n) is 13.7. The molecule has 24 heavy (non-hydrogen) atoms. The Bertz CT molecular complexity index is 680. The van der Waals surface area contributed by atoms with E-state index in [1.165, 1.54) is 0 Å². The van der Waals surface area contributed by atoms with Crippen LogP contribution in [0.3, 0.4) is 0 Å². The van der Waals surface area contributed by atoms with Crippen molar-refractivity contribution in [3.63, 3.8) is 0 Å². The third kappa shape index (κ3) is 4.05. The number of rotatable bonds is 4. The van der Waals surface area contributed by atoms with Gasteiger partial charge in [0.15, 0.2) is 0 Å². The first kappa shape index (κ1) is 16.3. The smallest absolute Gasteiger partial charge is 0.269 e. The van der Waals surface area contributed by atoms with Crippen LogP contribution in [-0.2, 0) is 11.2 Å². The quantitative estimate of drug-likeness (QED) is 0.900. The molecule has 126 valence electrons. The molecule has 1 saturated heterocycles. The van der Waals surface area contributed by atoms with E-state index in [9.17, 15) is 4.79 Å². The SMILES string of the molecule is CNC(=O)c1cccc(CC2COCCN(c3ncccn3)C2)n1. The molecular weight excluding hydrogens is 306 g/mol. The van der Waals surface area contributed by atoms with E-state index in [2.05, 4.69) is 25.2 Å². The highest BCUT2D eigenvalue weighted by Gasteiger charge is 2.21. The summed E-state index contributed by atoms with van der Waals surface area (Å²) in [5.41, 5.74) is 1.33. The molecule has 1 atom stereocenters. The number of ether oxygens (including phenoxy) is 1. The number of hydrogen-bond donors (Lipinski definition) is 1. The van der Waals surface area contributed by atoms with Gasteiger partial charge in [-0.1, -0.05) is 6.07 Å². The average molecular weight is 327 g/mol. The maximum absolute atomic E-state index is 11.7. The molecule has 0 aromatic carbocycles. The lowest BCUT2D eigenvalue weighted by molar-refractivity contribution is 0.0957. The maximum atomic E-state index is 11.7. The monoisotopic (exact) mass is 327 g/mol. The lowest BCUT2D eigenvalue weighted by atomic mass is 10.0. The largest absolute Gasteiger partial charge is 0.379 e. The molecule has 7 nitrogen and oxygen atoms in total. The lowest BCUT2D eigenvalue weighted by Gasteiger charge is -2.23. The molecule has 0 aliphatic carbocycles. The van der Waals surface area contributed by atoms with Crippen molar-refractivity contribution < 1.29 is 9.53 Å². The summed E-state index contributed by atoms with van der Waals surface area (Å²) in [6.45, 7) is 2.89. The molecule has 0 radical (unpaired) electrons. The zero-order valence-corrected chi connectivity index (χ0v) is 13.7. The molecule has 0 bridgehead atoms. The number of anilines is 1. The molecule has 0 spiro atoms. The second-order valence-electron chi connectivity index (χ2n) is 5.73. The fourth-order valence-corrected chi connectivity index (χ4v) is 2.78. The minimum absolute atomic E-state index is 0.173. The van der Waals surface area contributed by atoms with Crippen molar-refractivity contribution in [2.45, 2.75) is 6.42 Å². The molecule has 2 aromatic rings. The van der Waals surface area contributed by atoms with Gasteiger partial charge in [-0.3, -0.25) is 4.79 Å². The first-order chi connectivity index (χ1) is 11.8. The second-order valence-corrected chi connectivity index (χ2v) is 5.73. The molecule has 0 saturated carbocycles. The molecule has 2 aromatic heterocycles. The van der Waals surface area contributed by atoms with Crippen molar-refractivity contribution in [1.82, 2.24) is 20.3 Å². The summed E-state index contributed by atoms with van der Waals surface area (Å²) in [5, 5.41) is 2.60. The highest BCUT2D eigenvalue weighted by Crippen LogP contribution is 2.16.